The highest BCUT2D eigenvalue weighted by atomic mass is 35.5. The van der Waals surface area contributed by atoms with E-state index in [1.54, 1.807) is 0 Å². The number of nitro benzene ring substituents is 1. The van der Waals surface area contributed by atoms with E-state index in [4.69, 9.17) is 22.2 Å². The Kier molecular flexibility index (Phi) is 2.43. The molecule has 0 saturated carbocycles. The number of hydrogen-bond acceptors (Lipinski definition) is 5. The first-order valence-corrected chi connectivity index (χ1v) is 3.48. The fourth-order valence-corrected chi connectivity index (χ4v) is 0.970. The second-order valence-electron chi connectivity index (χ2n) is 2.16. The van der Waals surface area contributed by atoms with E-state index in [0.717, 1.165) is 12.1 Å². The summed E-state index contributed by atoms with van der Waals surface area (Å²) in [6.07, 6.45) is 0. The first-order valence-electron chi connectivity index (χ1n) is 3.10. The number of halogens is 1. The lowest BCUT2D eigenvalue weighted by Gasteiger charge is -1.99. The van der Waals surface area contributed by atoms with Gasteiger partial charge in [0, 0.05) is 12.1 Å². The number of benzene rings is 1. The molecular weight excluding hydrogens is 198 g/mol. The van der Waals surface area contributed by atoms with Gasteiger partial charge < -0.3 is 5.11 Å². The second-order valence-corrected chi connectivity index (χ2v) is 2.57. The molecule has 0 spiro atoms. The van der Waals surface area contributed by atoms with Crippen molar-refractivity contribution in [2.75, 3.05) is 0 Å². The molecular formula is C6H4ClN3O3. The maximum Gasteiger partial charge on any atom is 0.273 e. The van der Waals surface area contributed by atoms with Crippen LogP contribution >= 0.6 is 11.6 Å². The quantitative estimate of drug-likeness (QED) is 0.437. The molecule has 0 saturated heterocycles. The molecule has 7 heteroatoms. The van der Waals surface area contributed by atoms with Crippen LogP contribution in [0.1, 0.15) is 0 Å². The standard InChI is InChI=1S/C6H4ClN3O3/c7-4-1-3(10(12)13)2-5(9-8)6(4)11/h1-2,8,11H. The molecule has 0 aliphatic rings. The maximum absolute atomic E-state index is 10.3. The van der Waals surface area contributed by atoms with Crippen LogP contribution < -0.4 is 0 Å². The Morgan fingerprint density at radius 1 is 1.62 bits per heavy atom. The Morgan fingerprint density at radius 3 is 2.69 bits per heavy atom. The van der Waals surface area contributed by atoms with Crippen molar-refractivity contribution >= 4 is 23.0 Å². The third-order valence-corrected chi connectivity index (χ3v) is 1.65. The van der Waals surface area contributed by atoms with Gasteiger partial charge in [-0.1, -0.05) is 11.6 Å². The Bertz CT molecular complexity index is 380. The first kappa shape index (κ1) is 9.40. The molecule has 1 rings (SSSR count). The molecule has 1 aromatic carbocycles. The molecule has 6 nitrogen and oxygen atoms in total. The normalized spacial score (nSPS) is 9.62. The van der Waals surface area contributed by atoms with Crippen LogP contribution in [0.4, 0.5) is 11.4 Å². The average molecular weight is 202 g/mol. The number of hydrogen-bond donors (Lipinski definition) is 2. The van der Waals surface area contributed by atoms with Gasteiger partial charge >= 0.3 is 0 Å². The molecule has 2 N–H and O–H groups in total. The van der Waals surface area contributed by atoms with Crippen molar-refractivity contribution in [2.45, 2.75) is 0 Å². The highest BCUT2D eigenvalue weighted by Gasteiger charge is 2.14. The van der Waals surface area contributed by atoms with Crippen molar-refractivity contribution in [1.29, 1.82) is 5.53 Å². The molecule has 0 aromatic heterocycles. The van der Waals surface area contributed by atoms with Crippen molar-refractivity contribution in [3.05, 3.63) is 27.3 Å². The molecule has 0 amide bonds. The molecule has 0 radical (unpaired) electrons. The predicted molar refractivity (Wildman–Crippen MR) is 44.6 cm³/mol. The second kappa shape index (κ2) is 3.36. The van der Waals surface area contributed by atoms with Gasteiger partial charge in [0.1, 0.15) is 5.69 Å². The summed E-state index contributed by atoms with van der Waals surface area (Å²) in [6, 6.07) is 1.96. The SMILES string of the molecule is N=Nc1cc([N+](=O)[O-])cc(Cl)c1O. The number of aromatic hydroxyl groups is 1. The first-order chi connectivity index (χ1) is 6.06. The summed E-state index contributed by atoms with van der Waals surface area (Å²) in [7, 11) is 0. The third kappa shape index (κ3) is 1.73. The maximum atomic E-state index is 10.3. The summed E-state index contributed by atoms with van der Waals surface area (Å²) in [5.41, 5.74) is 6.07. The molecule has 0 unspecified atom stereocenters. The van der Waals surface area contributed by atoms with Crippen molar-refractivity contribution < 1.29 is 10.0 Å². The van der Waals surface area contributed by atoms with Gasteiger partial charge in [-0.15, -0.1) is 0 Å². The summed E-state index contributed by atoms with van der Waals surface area (Å²) in [6.45, 7) is 0. The lowest BCUT2D eigenvalue weighted by molar-refractivity contribution is -0.384. The van der Waals surface area contributed by atoms with Crippen LogP contribution in [0.15, 0.2) is 17.2 Å². The molecule has 0 heterocycles. The van der Waals surface area contributed by atoms with Crippen molar-refractivity contribution in [3.63, 3.8) is 0 Å². The summed E-state index contributed by atoms with van der Waals surface area (Å²) in [5.74, 6) is -0.428. The molecule has 1 aromatic rings. The number of nitrogens with one attached hydrogen (secondary N) is 1. The Morgan fingerprint density at radius 2 is 2.23 bits per heavy atom. The number of non-ortho nitro benzene ring substituents is 1. The smallest absolute Gasteiger partial charge is 0.273 e. The van der Waals surface area contributed by atoms with Crippen molar-refractivity contribution in [1.82, 2.24) is 0 Å². The van der Waals surface area contributed by atoms with Crippen LogP contribution in [0.2, 0.25) is 5.02 Å². The van der Waals surface area contributed by atoms with Gasteiger partial charge in [-0.05, 0) is 0 Å². The number of nitrogens with zero attached hydrogens (tertiary/aromatic N) is 2. The zero-order chi connectivity index (χ0) is 10.0. The van der Waals surface area contributed by atoms with E-state index in [9.17, 15) is 10.1 Å². The molecule has 0 aliphatic carbocycles. The Labute approximate surface area is 77.4 Å². The van der Waals surface area contributed by atoms with Crippen LogP contribution in [-0.2, 0) is 0 Å². The van der Waals surface area contributed by atoms with Gasteiger partial charge in [-0.2, -0.15) is 5.11 Å². The molecule has 13 heavy (non-hydrogen) atoms. The van der Waals surface area contributed by atoms with Crippen molar-refractivity contribution in [2.24, 2.45) is 5.11 Å². The predicted octanol–water partition coefficient (Wildman–Crippen LogP) is 2.62. The topological polar surface area (TPSA) is 99.6 Å². The average Bonchev–Trinajstić information content (AvgIpc) is 2.09. The van der Waals surface area contributed by atoms with E-state index in [0.29, 0.717) is 0 Å². The lowest BCUT2D eigenvalue weighted by Crippen LogP contribution is -1.87. The molecule has 0 aliphatic heterocycles. The molecule has 68 valence electrons. The van der Waals surface area contributed by atoms with E-state index in [1.165, 1.54) is 0 Å². The van der Waals surface area contributed by atoms with E-state index in [2.05, 4.69) is 5.11 Å². The van der Waals surface area contributed by atoms with Crippen LogP contribution in [0, 0.1) is 15.6 Å². The van der Waals surface area contributed by atoms with Gasteiger partial charge in [0.15, 0.2) is 5.75 Å². The molecule has 0 atom stereocenters. The number of nitro groups is 1. The molecule has 0 bridgehead atoms. The fourth-order valence-electron chi connectivity index (χ4n) is 0.761. The minimum Gasteiger partial charge on any atom is -0.504 e. The molecule has 0 fully saturated rings. The summed E-state index contributed by atoms with van der Waals surface area (Å²) >= 11 is 5.44. The van der Waals surface area contributed by atoms with Crippen LogP contribution in [0.5, 0.6) is 5.75 Å². The van der Waals surface area contributed by atoms with E-state index in [-0.39, 0.29) is 16.4 Å². The van der Waals surface area contributed by atoms with Crippen molar-refractivity contribution in [3.8, 4) is 5.75 Å². The number of phenolic OH excluding ortho intramolecular Hbond substituents is 1. The largest absolute Gasteiger partial charge is 0.504 e. The monoisotopic (exact) mass is 201 g/mol. The van der Waals surface area contributed by atoms with E-state index in [1.807, 2.05) is 0 Å². The highest BCUT2D eigenvalue weighted by molar-refractivity contribution is 6.32. The zero-order valence-corrected chi connectivity index (χ0v) is 6.95. The summed E-state index contributed by atoms with van der Waals surface area (Å²) < 4.78 is 0. The zero-order valence-electron chi connectivity index (χ0n) is 6.19. The third-order valence-electron chi connectivity index (χ3n) is 1.36. The highest BCUT2D eigenvalue weighted by Crippen LogP contribution is 2.37. The fraction of sp³-hybridized carbons (Fsp3) is 0. The van der Waals surface area contributed by atoms with Crippen LogP contribution in [0.3, 0.4) is 0 Å². The number of phenols is 1. The minimum atomic E-state index is -0.681. The van der Waals surface area contributed by atoms with Gasteiger partial charge in [-0.3, -0.25) is 10.1 Å². The number of rotatable bonds is 2. The van der Waals surface area contributed by atoms with Gasteiger partial charge in [0.25, 0.3) is 5.69 Å². The van der Waals surface area contributed by atoms with E-state index >= 15 is 0 Å². The van der Waals surface area contributed by atoms with Gasteiger partial charge in [-0.25, -0.2) is 5.53 Å². The van der Waals surface area contributed by atoms with Gasteiger partial charge in [0.2, 0.25) is 0 Å². The Hall–Kier alpha value is -1.69. The van der Waals surface area contributed by atoms with Crippen LogP contribution in [-0.4, -0.2) is 10.0 Å². The Balaban J connectivity index is 3.38. The minimum absolute atomic E-state index is 0.194. The van der Waals surface area contributed by atoms with Gasteiger partial charge in [0.05, 0.1) is 9.95 Å². The summed E-state index contributed by atoms with van der Waals surface area (Å²) in [4.78, 5) is 9.61. The van der Waals surface area contributed by atoms with Crippen LogP contribution in [0.25, 0.3) is 0 Å². The lowest BCUT2D eigenvalue weighted by atomic mass is 10.2. The summed E-state index contributed by atoms with van der Waals surface area (Å²) in [5, 5.41) is 22.1. The van der Waals surface area contributed by atoms with E-state index < -0.39 is 10.7 Å².